The Kier molecular flexibility index (Phi) is 1.77. The topological polar surface area (TPSA) is 71.5 Å². The highest BCUT2D eigenvalue weighted by Gasteiger charge is 2.04. The molecule has 0 amide bonds. The van der Waals surface area contributed by atoms with Crippen LogP contribution in [0.2, 0.25) is 0 Å². The van der Waals surface area contributed by atoms with Gasteiger partial charge in [-0.05, 0) is 6.42 Å². The van der Waals surface area contributed by atoms with Crippen LogP contribution in [0.15, 0.2) is 17.2 Å². The lowest BCUT2D eigenvalue weighted by Crippen LogP contribution is -2.11. The minimum Gasteiger partial charge on any atom is -0.267 e. The molecule has 0 unspecified atom stereocenters. The van der Waals surface area contributed by atoms with Gasteiger partial charge in [0.15, 0.2) is 0 Å². The molecule has 0 bridgehead atoms. The summed E-state index contributed by atoms with van der Waals surface area (Å²) in [6.07, 6.45) is 3.80. The van der Waals surface area contributed by atoms with Gasteiger partial charge in [0.05, 0.1) is 23.5 Å². The van der Waals surface area contributed by atoms with Gasteiger partial charge in [-0.1, -0.05) is 6.92 Å². The van der Waals surface area contributed by atoms with E-state index in [-0.39, 0.29) is 5.56 Å². The highest BCUT2D eigenvalue weighted by Crippen LogP contribution is 2.08. The van der Waals surface area contributed by atoms with Crippen molar-refractivity contribution in [2.24, 2.45) is 0 Å². The number of rotatable bonds is 1. The number of nitrogens with one attached hydrogen (secondary N) is 1. The van der Waals surface area contributed by atoms with E-state index >= 15 is 0 Å². The van der Waals surface area contributed by atoms with Gasteiger partial charge in [0.2, 0.25) is 0 Å². The van der Waals surface area contributed by atoms with Gasteiger partial charge in [-0.15, -0.1) is 0 Å². The molecule has 0 saturated carbocycles. The fourth-order valence-corrected chi connectivity index (χ4v) is 1.27. The Morgan fingerprint density at radius 1 is 1.46 bits per heavy atom. The lowest BCUT2D eigenvalue weighted by atomic mass is 10.2. The van der Waals surface area contributed by atoms with Gasteiger partial charge < -0.3 is 0 Å². The van der Waals surface area contributed by atoms with E-state index in [1.54, 1.807) is 6.20 Å². The van der Waals surface area contributed by atoms with Gasteiger partial charge in [-0.25, -0.2) is 5.10 Å². The summed E-state index contributed by atoms with van der Waals surface area (Å²) in [7, 11) is 0. The van der Waals surface area contributed by atoms with Crippen molar-refractivity contribution in [3.63, 3.8) is 0 Å². The van der Waals surface area contributed by atoms with Crippen LogP contribution in [0, 0.1) is 0 Å². The van der Waals surface area contributed by atoms with Gasteiger partial charge >= 0.3 is 0 Å². The van der Waals surface area contributed by atoms with Gasteiger partial charge in [-0.3, -0.25) is 4.79 Å². The summed E-state index contributed by atoms with van der Waals surface area (Å²) in [6.45, 7) is 1.93. The minimum atomic E-state index is -0.204. The summed E-state index contributed by atoms with van der Waals surface area (Å²) in [4.78, 5) is 11.4. The Bertz CT molecular complexity index is 485. The zero-order chi connectivity index (χ0) is 9.26. The van der Waals surface area contributed by atoms with E-state index < -0.39 is 0 Å². The third-order valence-corrected chi connectivity index (χ3v) is 1.88. The lowest BCUT2D eigenvalue weighted by Gasteiger charge is -1.98. The molecule has 0 aliphatic rings. The monoisotopic (exact) mass is 176 g/mol. The van der Waals surface area contributed by atoms with Gasteiger partial charge in [-0.2, -0.15) is 15.3 Å². The van der Waals surface area contributed by atoms with E-state index in [2.05, 4.69) is 20.4 Å². The SMILES string of the molecule is CCc1nncc2cn[nH]c(=O)c12. The van der Waals surface area contributed by atoms with Crippen molar-refractivity contribution >= 4 is 10.8 Å². The predicted molar refractivity (Wildman–Crippen MR) is 47.3 cm³/mol. The van der Waals surface area contributed by atoms with Crippen LogP contribution in [-0.2, 0) is 6.42 Å². The maximum Gasteiger partial charge on any atom is 0.274 e. The molecule has 2 rings (SSSR count). The summed E-state index contributed by atoms with van der Waals surface area (Å²) in [6, 6.07) is 0. The quantitative estimate of drug-likeness (QED) is 0.677. The molecule has 66 valence electrons. The van der Waals surface area contributed by atoms with Crippen molar-refractivity contribution in [3.8, 4) is 0 Å². The first-order valence-corrected chi connectivity index (χ1v) is 4.01. The molecule has 5 nitrogen and oxygen atoms in total. The van der Waals surface area contributed by atoms with E-state index in [4.69, 9.17) is 0 Å². The molecule has 0 aromatic carbocycles. The summed E-state index contributed by atoms with van der Waals surface area (Å²) in [5, 5.41) is 15.1. The van der Waals surface area contributed by atoms with Crippen molar-refractivity contribution in [3.05, 3.63) is 28.4 Å². The fraction of sp³-hybridized carbons (Fsp3) is 0.250. The van der Waals surface area contributed by atoms with E-state index in [1.807, 2.05) is 6.92 Å². The summed E-state index contributed by atoms with van der Waals surface area (Å²) in [5.41, 5.74) is 0.505. The third kappa shape index (κ3) is 1.18. The van der Waals surface area contributed by atoms with Gasteiger partial charge in [0.25, 0.3) is 5.56 Å². The van der Waals surface area contributed by atoms with Crippen LogP contribution in [0.4, 0.5) is 0 Å². The first-order valence-electron chi connectivity index (χ1n) is 4.01. The molecular formula is C8H8N4O. The maximum atomic E-state index is 11.4. The van der Waals surface area contributed by atoms with Crippen LogP contribution in [-0.4, -0.2) is 20.4 Å². The standard InChI is InChI=1S/C8H8N4O/c1-2-6-7-5(3-9-11-6)4-10-12-8(7)13/h3-4H,2H2,1H3,(H,12,13). The van der Waals surface area contributed by atoms with Crippen molar-refractivity contribution in [2.75, 3.05) is 0 Å². The Morgan fingerprint density at radius 3 is 3.08 bits per heavy atom. The Hall–Kier alpha value is -1.78. The predicted octanol–water partition coefficient (Wildman–Crippen LogP) is 0.276. The first-order chi connectivity index (χ1) is 6.33. The molecule has 0 fully saturated rings. The van der Waals surface area contributed by atoms with E-state index in [1.165, 1.54) is 6.20 Å². The van der Waals surface area contributed by atoms with Crippen molar-refractivity contribution in [1.82, 2.24) is 20.4 Å². The van der Waals surface area contributed by atoms with Crippen LogP contribution in [0.3, 0.4) is 0 Å². The number of hydrogen-bond acceptors (Lipinski definition) is 4. The van der Waals surface area contributed by atoms with Crippen LogP contribution >= 0.6 is 0 Å². The van der Waals surface area contributed by atoms with Crippen LogP contribution in [0.1, 0.15) is 12.6 Å². The molecular weight excluding hydrogens is 168 g/mol. The number of aryl methyl sites for hydroxylation is 1. The Labute approximate surface area is 73.8 Å². The smallest absolute Gasteiger partial charge is 0.267 e. The zero-order valence-electron chi connectivity index (χ0n) is 7.11. The molecule has 0 atom stereocenters. The van der Waals surface area contributed by atoms with E-state index in [0.717, 1.165) is 5.39 Å². The molecule has 13 heavy (non-hydrogen) atoms. The highest BCUT2D eigenvalue weighted by molar-refractivity contribution is 5.81. The molecule has 1 N–H and O–H groups in total. The van der Waals surface area contributed by atoms with Crippen LogP contribution in [0.25, 0.3) is 10.8 Å². The maximum absolute atomic E-state index is 11.4. The van der Waals surface area contributed by atoms with Crippen LogP contribution in [0.5, 0.6) is 0 Å². The zero-order valence-corrected chi connectivity index (χ0v) is 7.11. The van der Waals surface area contributed by atoms with Crippen LogP contribution < -0.4 is 5.56 Å². The summed E-state index contributed by atoms with van der Waals surface area (Å²) < 4.78 is 0. The number of hydrogen-bond donors (Lipinski definition) is 1. The number of fused-ring (bicyclic) bond motifs is 1. The summed E-state index contributed by atoms with van der Waals surface area (Å²) >= 11 is 0. The van der Waals surface area contributed by atoms with Crippen molar-refractivity contribution in [2.45, 2.75) is 13.3 Å². The van der Waals surface area contributed by atoms with Crippen molar-refractivity contribution < 1.29 is 0 Å². The average Bonchev–Trinajstić information content (AvgIpc) is 2.17. The molecule has 2 aromatic rings. The highest BCUT2D eigenvalue weighted by atomic mass is 16.1. The van der Waals surface area contributed by atoms with Gasteiger partial charge in [0, 0.05) is 5.39 Å². The molecule has 0 aliphatic carbocycles. The average molecular weight is 176 g/mol. The molecule has 0 aliphatic heterocycles. The van der Waals surface area contributed by atoms with Crippen molar-refractivity contribution in [1.29, 1.82) is 0 Å². The number of nitrogens with zero attached hydrogens (tertiary/aromatic N) is 3. The normalized spacial score (nSPS) is 10.5. The lowest BCUT2D eigenvalue weighted by molar-refractivity contribution is 0.922. The molecule has 0 saturated heterocycles. The molecule has 2 aromatic heterocycles. The number of aromatic amines is 1. The first kappa shape index (κ1) is 7.85. The largest absolute Gasteiger partial charge is 0.274 e. The second kappa shape index (κ2) is 2.93. The second-order valence-electron chi connectivity index (χ2n) is 2.67. The Balaban J connectivity index is 2.95. The van der Waals surface area contributed by atoms with Gasteiger partial charge in [0.1, 0.15) is 0 Å². The number of H-pyrrole nitrogens is 1. The van der Waals surface area contributed by atoms with E-state index in [9.17, 15) is 4.79 Å². The molecule has 0 radical (unpaired) electrons. The Morgan fingerprint density at radius 2 is 2.31 bits per heavy atom. The molecule has 5 heteroatoms. The van der Waals surface area contributed by atoms with E-state index in [0.29, 0.717) is 17.5 Å². The second-order valence-corrected chi connectivity index (χ2v) is 2.67. The minimum absolute atomic E-state index is 0.204. The fourth-order valence-electron chi connectivity index (χ4n) is 1.27. The third-order valence-electron chi connectivity index (χ3n) is 1.88. The number of aromatic nitrogens is 4. The molecule has 0 spiro atoms. The molecule has 2 heterocycles. The summed E-state index contributed by atoms with van der Waals surface area (Å²) in [5.74, 6) is 0.